The number of hydrogen-bond acceptors (Lipinski definition) is 5. The van der Waals surface area contributed by atoms with Gasteiger partial charge in [0.1, 0.15) is 19.0 Å². The minimum atomic E-state index is -3.19. The molecule has 1 fully saturated rings. The highest BCUT2D eigenvalue weighted by Gasteiger charge is 2.40. The number of aliphatic hydroxyl groups is 2. The van der Waals surface area contributed by atoms with Gasteiger partial charge in [0.25, 0.3) is 5.92 Å². The first-order chi connectivity index (χ1) is 16.7. The third kappa shape index (κ3) is 6.33. The van der Waals surface area contributed by atoms with Crippen LogP contribution in [0, 0.1) is 5.92 Å². The van der Waals surface area contributed by atoms with Crippen LogP contribution in [-0.2, 0) is 6.42 Å². The molecule has 35 heavy (non-hydrogen) atoms. The van der Waals surface area contributed by atoms with Crippen molar-refractivity contribution in [3.05, 3.63) is 64.7 Å². The van der Waals surface area contributed by atoms with Gasteiger partial charge in [-0.2, -0.15) is 0 Å². The Morgan fingerprint density at radius 1 is 1.17 bits per heavy atom. The molecule has 2 aliphatic rings. The fraction of sp³-hybridized carbons (Fsp3) is 0.556. The third-order valence-corrected chi connectivity index (χ3v) is 8.37. The molecule has 2 heterocycles. The number of likely N-dealkylation sites (tertiary alicyclic amines) is 1. The van der Waals surface area contributed by atoms with Crippen LogP contribution in [0.15, 0.2) is 42.5 Å². The number of aliphatic hydroxyl groups excluding tert-OH is 2. The lowest BCUT2D eigenvalue weighted by Crippen LogP contribution is -2.49. The summed E-state index contributed by atoms with van der Waals surface area (Å²) >= 11 is 2.43. The molecule has 0 amide bonds. The molecule has 2 aromatic carbocycles. The maximum atomic E-state index is 14.3. The summed E-state index contributed by atoms with van der Waals surface area (Å²) in [5.41, 5.74) is 3.73. The van der Waals surface area contributed by atoms with E-state index in [9.17, 15) is 19.0 Å². The van der Waals surface area contributed by atoms with E-state index >= 15 is 0 Å². The van der Waals surface area contributed by atoms with Gasteiger partial charge in [-0.25, -0.2) is 8.78 Å². The molecule has 2 aliphatic heterocycles. The molecule has 5 nitrogen and oxygen atoms in total. The molecule has 0 saturated carbocycles. The van der Waals surface area contributed by atoms with E-state index in [1.165, 1.54) is 4.43 Å². The number of ether oxygens (including phenoxy) is 1. The highest BCUT2D eigenvalue weighted by molar-refractivity contribution is 14.1. The van der Waals surface area contributed by atoms with Crippen molar-refractivity contribution in [3.8, 4) is 5.75 Å². The molecule has 0 spiro atoms. The van der Waals surface area contributed by atoms with Gasteiger partial charge < -0.3 is 14.9 Å². The van der Waals surface area contributed by atoms with Crippen molar-refractivity contribution < 1.29 is 23.7 Å². The normalized spacial score (nSPS) is 22.5. The Hall–Kier alpha value is -1.33. The topological polar surface area (TPSA) is 56.2 Å². The second-order valence-corrected chi connectivity index (χ2v) is 10.9. The zero-order valence-electron chi connectivity index (χ0n) is 20.3. The van der Waals surface area contributed by atoms with Crippen LogP contribution >= 0.6 is 22.6 Å². The average Bonchev–Trinajstić information content (AvgIpc) is 2.81. The van der Waals surface area contributed by atoms with Crippen LogP contribution in [0.1, 0.15) is 48.2 Å². The molecule has 2 N–H and O–H groups in total. The Morgan fingerprint density at radius 2 is 1.89 bits per heavy atom. The number of halogens is 3. The Balaban J connectivity index is 1.54. The number of benzene rings is 2. The molecular formula is C27H35F2IN2O3. The summed E-state index contributed by atoms with van der Waals surface area (Å²) < 4.78 is 35.8. The fourth-order valence-corrected chi connectivity index (χ4v) is 5.69. The second kappa shape index (κ2) is 11.4. The predicted molar refractivity (Wildman–Crippen MR) is 142 cm³/mol. The summed E-state index contributed by atoms with van der Waals surface area (Å²) in [5, 5.41) is 19.3. The smallest absolute Gasteiger partial charge is 0.283 e. The van der Waals surface area contributed by atoms with E-state index < -0.39 is 25.2 Å². The van der Waals surface area contributed by atoms with Gasteiger partial charge in [-0.15, -0.1) is 0 Å². The van der Waals surface area contributed by atoms with Crippen molar-refractivity contribution in [3.63, 3.8) is 0 Å². The van der Waals surface area contributed by atoms with Crippen molar-refractivity contribution in [2.75, 3.05) is 43.8 Å². The van der Waals surface area contributed by atoms with E-state index in [-0.39, 0.29) is 12.1 Å². The zero-order valence-corrected chi connectivity index (χ0v) is 22.5. The Labute approximate surface area is 220 Å². The van der Waals surface area contributed by atoms with Crippen LogP contribution in [0.5, 0.6) is 5.75 Å². The van der Waals surface area contributed by atoms with Crippen LogP contribution in [0.3, 0.4) is 0 Å². The lowest BCUT2D eigenvalue weighted by atomic mass is 9.83. The highest BCUT2D eigenvalue weighted by Crippen LogP contribution is 2.40. The lowest BCUT2D eigenvalue weighted by Gasteiger charge is -2.43. The van der Waals surface area contributed by atoms with E-state index in [4.69, 9.17) is 4.74 Å². The molecular weight excluding hydrogens is 565 g/mol. The quantitative estimate of drug-likeness (QED) is 0.312. The molecule has 0 aliphatic carbocycles. The maximum Gasteiger partial charge on any atom is 0.283 e. The Kier molecular flexibility index (Phi) is 8.69. The van der Waals surface area contributed by atoms with Crippen LogP contribution < -0.4 is 4.74 Å². The molecule has 2 aromatic rings. The molecule has 192 valence electrons. The monoisotopic (exact) mass is 600 g/mol. The minimum Gasteiger partial charge on any atom is -0.492 e. The molecule has 8 heteroatoms. The summed E-state index contributed by atoms with van der Waals surface area (Å²) in [6, 6.07) is 13.0. The molecule has 3 atom stereocenters. The van der Waals surface area contributed by atoms with Gasteiger partial charge in [-0.05, 0) is 60.6 Å². The largest absolute Gasteiger partial charge is 0.492 e. The summed E-state index contributed by atoms with van der Waals surface area (Å²) in [6.07, 6.45) is 0.00950. The lowest BCUT2D eigenvalue weighted by molar-refractivity contribution is -0.0862. The molecule has 0 aromatic heterocycles. The molecule has 4 rings (SSSR count). The standard InChI is InChI=1S/C27H35F2IN2O3/c1-18-11-23-12-22(19(2)34)5-8-25(23)26(32(18)16-27(28,29)17-33)21-3-6-24(7-4-21)35-10-9-31-14-20(13-30)15-31/h3-8,12,18-20,26,33-34H,9-11,13-17H2,1-2H3/t18-,19+,26-/m1/s1. The number of alkyl halides is 3. The van der Waals surface area contributed by atoms with Gasteiger partial charge in [0.2, 0.25) is 0 Å². The molecule has 1 saturated heterocycles. The summed E-state index contributed by atoms with van der Waals surface area (Å²) in [6.45, 7) is 5.74. The van der Waals surface area contributed by atoms with E-state index in [1.54, 1.807) is 11.8 Å². The number of nitrogens with zero attached hydrogens (tertiary/aromatic N) is 2. The summed E-state index contributed by atoms with van der Waals surface area (Å²) in [5.74, 6) is -1.63. The first-order valence-corrected chi connectivity index (χ1v) is 13.8. The van der Waals surface area contributed by atoms with Crippen molar-refractivity contribution in [1.82, 2.24) is 9.80 Å². The van der Waals surface area contributed by atoms with E-state index in [0.29, 0.717) is 13.0 Å². The average molecular weight is 600 g/mol. The Bertz CT molecular complexity index is 983. The van der Waals surface area contributed by atoms with E-state index in [1.807, 2.05) is 49.4 Å². The molecule has 0 radical (unpaired) electrons. The van der Waals surface area contributed by atoms with Crippen molar-refractivity contribution in [2.24, 2.45) is 5.92 Å². The number of hydrogen-bond donors (Lipinski definition) is 2. The van der Waals surface area contributed by atoms with E-state index in [2.05, 4.69) is 27.5 Å². The van der Waals surface area contributed by atoms with Crippen LogP contribution in [0.2, 0.25) is 0 Å². The first kappa shape index (κ1) is 26.7. The minimum absolute atomic E-state index is 0.159. The van der Waals surface area contributed by atoms with Gasteiger partial charge in [-0.3, -0.25) is 9.80 Å². The van der Waals surface area contributed by atoms with Crippen LogP contribution in [-0.4, -0.2) is 75.8 Å². The first-order valence-electron chi connectivity index (χ1n) is 12.3. The fourth-order valence-electron chi connectivity index (χ4n) is 5.13. The van der Waals surface area contributed by atoms with Crippen LogP contribution in [0.4, 0.5) is 8.78 Å². The zero-order chi connectivity index (χ0) is 25.2. The maximum absolute atomic E-state index is 14.3. The van der Waals surface area contributed by atoms with Gasteiger partial charge in [0.15, 0.2) is 0 Å². The number of fused-ring (bicyclic) bond motifs is 1. The van der Waals surface area contributed by atoms with Gasteiger partial charge >= 0.3 is 0 Å². The van der Waals surface area contributed by atoms with Crippen molar-refractivity contribution in [1.29, 1.82) is 0 Å². The van der Waals surface area contributed by atoms with Gasteiger partial charge in [0, 0.05) is 30.1 Å². The molecule has 0 unspecified atom stereocenters. The SMILES string of the molecule is C[C@H](O)c1ccc2c(c1)C[C@@H](C)N(CC(F)(F)CO)[C@@H]2c1ccc(OCCN2CC(CI)C2)cc1. The third-order valence-electron chi connectivity index (χ3n) is 7.13. The summed E-state index contributed by atoms with van der Waals surface area (Å²) in [4.78, 5) is 4.17. The summed E-state index contributed by atoms with van der Waals surface area (Å²) in [7, 11) is 0. The van der Waals surface area contributed by atoms with Crippen molar-refractivity contribution >= 4 is 22.6 Å². The van der Waals surface area contributed by atoms with Gasteiger partial charge in [0.05, 0.1) is 18.7 Å². The van der Waals surface area contributed by atoms with Crippen molar-refractivity contribution in [2.45, 2.75) is 44.4 Å². The van der Waals surface area contributed by atoms with E-state index in [0.717, 1.165) is 53.6 Å². The number of rotatable bonds is 10. The van der Waals surface area contributed by atoms with Gasteiger partial charge in [-0.1, -0.05) is 52.9 Å². The predicted octanol–water partition coefficient (Wildman–Crippen LogP) is 4.45. The molecule has 0 bridgehead atoms. The highest BCUT2D eigenvalue weighted by atomic mass is 127. The Morgan fingerprint density at radius 3 is 2.51 bits per heavy atom. The second-order valence-electron chi connectivity index (χ2n) is 9.97. The van der Waals surface area contributed by atoms with Crippen LogP contribution in [0.25, 0.3) is 0 Å².